The Morgan fingerprint density at radius 1 is 1.36 bits per heavy atom. The van der Waals surface area contributed by atoms with Crippen molar-refractivity contribution in [1.29, 1.82) is 0 Å². The molecule has 1 rings (SSSR count). The van der Waals surface area contributed by atoms with Crippen LogP contribution in [0.3, 0.4) is 0 Å². The van der Waals surface area contributed by atoms with Crippen LogP contribution in [0.1, 0.15) is 39.5 Å². The van der Waals surface area contributed by atoms with E-state index in [-0.39, 0.29) is 5.92 Å². The van der Waals surface area contributed by atoms with Gasteiger partial charge in [0.05, 0.1) is 0 Å². The first-order chi connectivity index (χ1) is 6.52. The van der Waals surface area contributed by atoms with Crippen molar-refractivity contribution in [1.82, 2.24) is 0 Å². The van der Waals surface area contributed by atoms with Crippen molar-refractivity contribution in [2.75, 3.05) is 0 Å². The van der Waals surface area contributed by atoms with E-state index in [1.165, 1.54) is 0 Å². The van der Waals surface area contributed by atoms with E-state index in [2.05, 4.69) is 13.8 Å². The normalized spacial score (nSPS) is 30.3. The van der Waals surface area contributed by atoms with Gasteiger partial charge in [0, 0.05) is 5.92 Å². The van der Waals surface area contributed by atoms with Gasteiger partial charge in [0.15, 0.2) is 6.17 Å². The van der Waals surface area contributed by atoms with E-state index in [0.717, 1.165) is 25.7 Å². The molecule has 1 fully saturated rings. The minimum atomic E-state index is -1.66. The second-order valence-electron chi connectivity index (χ2n) is 4.67. The molecule has 1 N–H and O–H groups in total. The standard InChI is InChI=1S/C11H19FO2/c1-7(2)8-4-3-5-9(6-8)10(12)11(13)14/h7-10H,3-6H2,1-2H3,(H,13,14). The van der Waals surface area contributed by atoms with E-state index >= 15 is 0 Å². The van der Waals surface area contributed by atoms with E-state index in [4.69, 9.17) is 5.11 Å². The molecule has 0 aromatic carbocycles. The maximum absolute atomic E-state index is 13.2. The average Bonchev–Trinajstić information content (AvgIpc) is 2.16. The van der Waals surface area contributed by atoms with Gasteiger partial charge in [-0.2, -0.15) is 0 Å². The van der Waals surface area contributed by atoms with Crippen molar-refractivity contribution in [2.24, 2.45) is 17.8 Å². The number of alkyl halides is 1. The Hall–Kier alpha value is -0.600. The zero-order chi connectivity index (χ0) is 10.7. The van der Waals surface area contributed by atoms with Crippen LogP contribution >= 0.6 is 0 Å². The van der Waals surface area contributed by atoms with Crippen molar-refractivity contribution in [3.63, 3.8) is 0 Å². The van der Waals surface area contributed by atoms with Gasteiger partial charge in [-0.3, -0.25) is 0 Å². The number of rotatable bonds is 3. The largest absolute Gasteiger partial charge is 0.479 e. The molecule has 1 saturated carbocycles. The molecule has 0 saturated heterocycles. The highest BCUT2D eigenvalue weighted by atomic mass is 19.1. The molecule has 0 aromatic rings. The molecule has 2 nitrogen and oxygen atoms in total. The molecule has 0 spiro atoms. The molecule has 14 heavy (non-hydrogen) atoms. The molecule has 1 aliphatic rings. The number of hydrogen-bond acceptors (Lipinski definition) is 1. The van der Waals surface area contributed by atoms with Gasteiger partial charge in [0.25, 0.3) is 0 Å². The molecule has 3 atom stereocenters. The number of hydrogen-bond donors (Lipinski definition) is 1. The third-order valence-corrected chi connectivity index (χ3v) is 3.35. The first kappa shape index (κ1) is 11.5. The fourth-order valence-electron chi connectivity index (χ4n) is 2.34. The van der Waals surface area contributed by atoms with Gasteiger partial charge in [-0.15, -0.1) is 0 Å². The summed E-state index contributed by atoms with van der Waals surface area (Å²) in [7, 11) is 0. The molecule has 1 aliphatic carbocycles. The number of halogens is 1. The molecule has 0 heterocycles. The molecule has 0 bridgehead atoms. The minimum absolute atomic E-state index is 0.256. The van der Waals surface area contributed by atoms with E-state index in [1.807, 2.05) is 0 Å². The Bertz CT molecular complexity index is 203. The summed E-state index contributed by atoms with van der Waals surface area (Å²) in [4.78, 5) is 10.5. The maximum Gasteiger partial charge on any atom is 0.338 e. The predicted molar refractivity (Wildman–Crippen MR) is 52.8 cm³/mol. The van der Waals surface area contributed by atoms with E-state index < -0.39 is 12.1 Å². The van der Waals surface area contributed by atoms with Crippen LogP contribution in [0.5, 0.6) is 0 Å². The Morgan fingerprint density at radius 3 is 2.43 bits per heavy atom. The number of carbonyl (C=O) groups is 1. The molecular weight excluding hydrogens is 183 g/mol. The van der Waals surface area contributed by atoms with Crippen LogP contribution in [-0.4, -0.2) is 17.2 Å². The van der Waals surface area contributed by atoms with Crippen molar-refractivity contribution < 1.29 is 14.3 Å². The minimum Gasteiger partial charge on any atom is -0.479 e. The predicted octanol–water partition coefficient (Wildman–Crippen LogP) is 2.87. The van der Waals surface area contributed by atoms with Crippen molar-refractivity contribution in [2.45, 2.75) is 45.7 Å². The van der Waals surface area contributed by atoms with Gasteiger partial charge < -0.3 is 5.11 Å². The van der Waals surface area contributed by atoms with Gasteiger partial charge in [0.2, 0.25) is 0 Å². The molecular formula is C11H19FO2. The summed E-state index contributed by atoms with van der Waals surface area (Å²) in [5, 5.41) is 8.58. The third kappa shape index (κ3) is 2.69. The van der Waals surface area contributed by atoms with Gasteiger partial charge in [-0.25, -0.2) is 9.18 Å². The lowest BCUT2D eigenvalue weighted by molar-refractivity contribution is -0.145. The summed E-state index contributed by atoms with van der Waals surface area (Å²) in [6.45, 7) is 4.25. The van der Waals surface area contributed by atoms with Crippen LogP contribution in [0.15, 0.2) is 0 Å². The highest BCUT2D eigenvalue weighted by Crippen LogP contribution is 2.36. The Kier molecular flexibility index (Phi) is 3.90. The molecule has 82 valence electrons. The Balaban J connectivity index is 2.51. The summed E-state index contributed by atoms with van der Waals surface area (Å²) < 4.78 is 13.2. The quantitative estimate of drug-likeness (QED) is 0.764. The molecule has 0 aliphatic heterocycles. The maximum atomic E-state index is 13.2. The zero-order valence-electron chi connectivity index (χ0n) is 8.87. The smallest absolute Gasteiger partial charge is 0.338 e. The molecule has 0 radical (unpaired) electrons. The number of carboxylic acids is 1. The number of aliphatic carboxylic acids is 1. The van der Waals surface area contributed by atoms with Gasteiger partial charge in [-0.05, 0) is 24.7 Å². The van der Waals surface area contributed by atoms with Crippen LogP contribution in [0.25, 0.3) is 0 Å². The summed E-state index contributed by atoms with van der Waals surface area (Å²) >= 11 is 0. The average molecular weight is 202 g/mol. The van der Waals surface area contributed by atoms with E-state index in [1.54, 1.807) is 0 Å². The monoisotopic (exact) mass is 202 g/mol. The van der Waals surface area contributed by atoms with Crippen LogP contribution in [0, 0.1) is 17.8 Å². The molecule has 0 aromatic heterocycles. The first-order valence-electron chi connectivity index (χ1n) is 5.39. The lowest BCUT2D eigenvalue weighted by Crippen LogP contribution is -2.31. The summed E-state index contributed by atoms with van der Waals surface area (Å²) in [5.41, 5.74) is 0. The van der Waals surface area contributed by atoms with Gasteiger partial charge in [0.1, 0.15) is 0 Å². The lowest BCUT2D eigenvalue weighted by atomic mass is 9.74. The van der Waals surface area contributed by atoms with Crippen LogP contribution in [0.4, 0.5) is 4.39 Å². The van der Waals surface area contributed by atoms with Crippen LogP contribution < -0.4 is 0 Å². The Morgan fingerprint density at radius 2 is 1.93 bits per heavy atom. The highest BCUT2D eigenvalue weighted by molar-refractivity contribution is 5.72. The molecule has 3 unspecified atom stereocenters. The highest BCUT2D eigenvalue weighted by Gasteiger charge is 2.33. The topological polar surface area (TPSA) is 37.3 Å². The fraction of sp³-hybridized carbons (Fsp3) is 0.909. The first-order valence-corrected chi connectivity index (χ1v) is 5.39. The van der Waals surface area contributed by atoms with Crippen LogP contribution in [0.2, 0.25) is 0 Å². The SMILES string of the molecule is CC(C)C1CCCC(C(F)C(=O)O)C1. The van der Waals surface area contributed by atoms with E-state index in [9.17, 15) is 9.18 Å². The van der Waals surface area contributed by atoms with Gasteiger partial charge in [-0.1, -0.05) is 26.7 Å². The van der Waals surface area contributed by atoms with Crippen molar-refractivity contribution >= 4 is 5.97 Å². The second kappa shape index (κ2) is 4.76. The second-order valence-corrected chi connectivity index (χ2v) is 4.67. The summed E-state index contributed by atoms with van der Waals surface area (Å²) in [5.74, 6) is -0.502. The van der Waals surface area contributed by atoms with Crippen LogP contribution in [-0.2, 0) is 4.79 Å². The van der Waals surface area contributed by atoms with Crippen molar-refractivity contribution in [3.8, 4) is 0 Å². The zero-order valence-corrected chi connectivity index (χ0v) is 8.87. The van der Waals surface area contributed by atoms with Gasteiger partial charge >= 0.3 is 5.97 Å². The third-order valence-electron chi connectivity index (χ3n) is 3.35. The molecule has 0 amide bonds. The van der Waals surface area contributed by atoms with Crippen molar-refractivity contribution in [3.05, 3.63) is 0 Å². The lowest BCUT2D eigenvalue weighted by Gasteiger charge is -2.32. The molecule has 3 heteroatoms. The van der Waals surface area contributed by atoms with E-state index in [0.29, 0.717) is 11.8 Å². The fourth-order valence-corrected chi connectivity index (χ4v) is 2.34. The Labute approximate surface area is 84.5 Å². The summed E-state index contributed by atoms with van der Waals surface area (Å²) in [6.07, 6.45) is 1.92. The summed E-state index contributed by atoms with van der Waals surface area (Å²) in [6, 6.07) is 0. The number of carboxylic acid groups (broad SMARTS) is 1.